The minimum Gasteiger partial charge on any atom is -0.468 e. The third kappa shape index (κ3) is 3.54. The van der Waals surface area contributed by atoms with Crippen molar-refractivity contribution in [3.05, 3.63) is 35.9 Å². The number of benzene rings is 1. The molecule has 124 valence electrons. The fraction of sp³-hybridized carbons (Fsp3) is 0.529. The molecular formula is C17H21NO5. The zero-order chi connectivity index (χ0) is 16.2. The van der Waals surface area contributed by atoms with Gasteiger partial charge < -0.3 is 9.47 Å². The molecule has 3 rings (SSSR count). The minimum atomic E-state index is -0.635. The number of hydrogen-bond acceptors (Lipinski definition) is 6. The van der Waals surface area contributed by atoms with Gasteiger partial charge in [-0.3, -0.25) is 14.4 Å². The fourth-order valence-corrected chi connectivity index (χ4v) is 3.48. The van der Waals surface area contributed by atoms with Gasteiger partial charge in [0.15, 0.2) is 0 Å². The van der Waals surface area contributed by atoms with Crippen LogP contribution in [0.25, 0.3) is 0 Å². The van der Waals surface area contributed by atoms with Crippen LogP contribution in [0.1, 0.15) is 24.8 Å². The number of nitrogens with one attached hydrogen (secondary N) is 1. The summed E-state index contributed by atoms with van der Waals surface area (Å²) in [5, 5.41) is 0. The average Bonchev–Trinajstić information content (AvgIpc) is 3.11. The normalized spacial score (nSPS) is 27.3. The van der Waals surface area contributed by atoms with Crippen molar-refractivity contribution in [2.75, 3.05) is 7.11 Å². The molecule has 1 heterocycles. The van der Waals surface area contributed by atoms with E-state index in [2.05, 4.69) is 5.48 Å². The van der Waals surface area contributed by atoms with Gasteiger partial charge in [0.1, 0.15) is 12.1 Å². The summed E-state index contributed by atoms with van der Waals surface area (Å²) >= 11 is 0. The number of hydrogen-bond donors (Lipinski definition) is 1. The lowest BCUT2D eigenvalue weighted by Gasteiger charge is -2.26. The lowest BCUT2D eigenvalue weighted by atomic mass is 9.94. The zero-order valence-electron chi connectivity index (χ0n) is 13.1. The van der Waals surface area contributed by atoms with Gasteiger partial charge in [-0.25, -0.2) is 0 Å². The van der Waals surface area contributed by atoms with Crippen LogP contribution in [-0.2, 0) is 30.5 Å². The first-order chi connectivity index (χ1) is 11.2. The van der Waals surface area contributed by atoms with Crippen LogP contribution < -0.4 is 5.48 Å². The lowest BCUT2D eigenvalue weighted by molar-refractivity contribution is -0.156. The molecule has 1 saturated heterocycles. The van der Waals surface area contributed by atoms with Gasteiger partial charge in [0.25, 0.3) is 0 Å². The summed E-state index contributed by atoms with van der Waals surface area (Å²) in [6.07, 6.45) is 1.92. The van der Waals surface area contributed by atoms with Gasteiger partial charge in [-0.15, -0.1) is 0 Å². The van der Waals surface area contributed by atoms with Gasteiger partial charge in [-0.2, -0.15) is 5.48 Å². The molecule has 2 aliphatic rings. The van der Waals surface area contributed by atoms with Gasteiger partial charge >= 0.3 is 11.9 Å². The van der Waals surface area contributed by atoms with Crippen molar-refractivity contribution in [1.29, 1.82) is 0 Å². The molecule has 2 unspecified atom stereocenters. The first-order valence-electron chi connectivity index (χ1n) is 7.87. The van der Waals surface area contributed by atoms with Crippen LogP contribution in [-0.4, -0.2) is 31.2 Å². The van der Waals surface area contributed by atoms with E-state index < -0.39 is 12.0 Å². The number of carbonyl (C=O) groups is 2. The molecule has 1 saturated carbocycles. The highest BCUT2D eigenvalue weighted by Gasteiger charge is 2.49. The van der Waals surface area contributed by atoms with Crippen molar-refractivity contribution in [3.8, 4) is 0 Å². The van der Waals surface area contributed by atoms with Crippen molar-refractivity contribution in [2.24, 2.45) is 11.8 Å². The van der Waals surface area contributed by atoms with Crippen LogP contribution in [0.2, 0.25) is 0 Å². The molecule has 1 aromatic rings. The molecule has 2 fully saturated rings. The van der Waals surface area contributed by atoms with Crippen LogP contribution in [0.5, 0.6) is 0 Å². The smallest absolute Gasteiger partial charge is 0.325 e. The summed E-state index contributed by atoms with van der Waals surface area (Å²) < 4.78 is 10.3. The van der Waals surface area contributed by atoms with Crippen molar-refractivity contribution in [3.63, 3.8) is 0 Å². The van der Waals surface area contributed by atoms with E-state index in [0.717, 1.165) is 18.4 Å². The molecule has 1 aromatic carbocycles. The molecule has 4 atom stereocenters. The summed E-state index contributed by atoms with van der Waals surface area (Å²) in [7, 11) is 1.35. The molecule has 23 heavy (non-hydrogen) atoms. The summed E-state index contributed by atoms with van der Waals surface area (Å²) in [6, 6.07) is 9.04. The Hall–Kier alpha value is -1.92. The average molecular weight is 319 g/mol. The second kappa shape index (κ2) is 7.10. The Balaban J connectivity index is 1.62. The molecule has 6 heteroatoms. The van der Waals surface area contributed by atoms with E-state index in [0.29, 0.717) is 13.0 Å². The summed E-state index contributed by atoms with van der Waals surface area (Å²) in [4.78, 5) is 29.1. The zero-order valence-corrected chi connectivity index (χ0v) is 13.1. The van der Waals surface area contributed by atoms with Crippen LogP contribution in [0.3, 0.4) is 0 Å². The third-order valence-electron chi connectivity index (χ3n) is 4.63. The summed E-state index contributed by atoms with van der Waals surface area (Å²) in [5.74, 6) is -0.490. The van der Waals surface area contributed by atoms with E-state index in [4.69, 9.17) is 14.3 Å². The van der Waals surface area contributed by atoms with Crippen LogP contribution >= 0.6 is 0 Å². The number of rotatable bonds is 6. The highest BCUT2D eigenvalue weighted by Crippen LogP contribution is 2.42. The standard InChI is InChI=1S/C17H21NO5/c1-21-17(20)15(18-22-10-11-5-3-2-4-6-11)13-8-7-12-9-14(19)23-16(12)13/h2-6,12-13,15-16,18H,7-10H2,1H3/t12-,13?,15?,16+/m0/s1. The molecule has 0 bridgehead atoms. The molecule has 1 N–H and O–H groups in total. The van der Waals surface area contributed by atoms with E-state index in [1.807, 2.05) is 30.3 Å². The fourth-order valence-electron chi connectivity index (χ4n) is 3.48. The van der Waals surface area contributed by atoms with Crippen molar-refractivity contribution in [1.82, 2.24) is 5.48 Å². The van der Waals surface area contributed by atoms with Crippen molar-refractivity contribution >= 4 is 11.9 Å². The molecule has 0 spiro atoms. The summed E-state index contributed by atoms with van der Waals surface area (Å²) in [5.41, 5.74) is 3.82. The number of fused-ring (bicyclic) bond motifs is 1. The minimum absolute atomic E-state index is 0.116. The second-order valence-corrected chi connectivity index (χ2v) is 6.05. The predicted molar refractivity (Wildman–Crippen MR) is 80.9 cm³/mol. The van der Waals surface area contributed by atoms with E-state index >= 15 is 0 Å². The van der Waals surface area contributed by atoms with E-state index in [9.17, 15) is 9.59 Å². The Bertz CT molecular complexity index is 561. The molecule has 0 aromatic heterocycles. The predicted octanol–water partition coefficient (Wildman–Crippen LogP) is 1.59. The van der Waals surface area contributed by atoms with Gasteiger partial charge in [-0.1, -0.05) is 30.3 Å². The van der Waals surface area contributed by atoms with Gasteiger partial charge in [0.2, 0.25) is 0 Å². The van der Waals surface area contributed by atoms with E-state index in [1.165, 1.54) is 7.11 Å². The van der Waals surface area contributed by atoms with Crippen LogP contribution in [0, 0.1) is 11.8 Å². The first-order valence-corrected chi connectivity index (χ1v) is 7.87. The summed E-state index contributed by atoms with van der Waals surface area (Å²) in [6.45, 7) is 0.342. The molecule has 0 amide bonds. The Morgan fingerprint density at radius 1 is 1.35 bits per heavy atom. The maximum atomic E-state index is 12.1. The number of hydroxylamine groups is 1. The third-order valence-corrected chi connectivity index (χ3v) is 4.63. The second-order valence-electron chi connectivity index (χ2n) is 6.05. The SMILES string of the molecule is COC(=O)C(NOCc1ccccc1)C1CC[C@H]2CC(=O)O[C@@H]12. The maximum Gasteiger partial charge on any atom is 0.325 e. The monoisotopic (exact) mass is 319 g/mol. The van der Waals surface area contributed by atoms with Gasteiger partial charge in [-0.05, 0) is 18.4 Å². The quantitative estimate of drug-likeness (QED) is 0.634. The highest BCUT2D eigenvalue weighted by atomic mass is 16.6. The molecule has 1 aliphatic heterocycles. The Morgan fingerprint density at radius 2 is 2.13 bits per heavy atom. The van der Waals surface area contributed by atoms with E-state index in [-0.39, 0.29) is 23.9 Å². The van der Waals surface area contributed by atoms with Gasteiger partial charge in [0.05, 0.1) is 20.1 Å². The molecule has 0 radical (unpaired) electrons. The van der Waals surface area contributed by atoms with Gasteiger partial charge in [0, 0.05) is 11.8 Å². The highest BCUT2D eigenvalue weighted by molar-refractivity contribution is 5.77. The lowest BCUT2D eigenvalue weighted by Crippen LogP contribution is -2.46. The van der Waals surface area contributed by atoms with Crippen LogP contribution in [0.15, 0.2) is 30.3 Å². The van der Waals surface area contributed by atoms with E-state index in [1.54, 1.807) is 0 Å². The molecule has 1 aliphatic carbocycles. The number of ether oxygens (including phenoxy) is 2. The largest absolute Gasteiger partial charge is 0.468 e. The Kier molecular flexibility index (Phi) is 4.93. The first kappa shape index (κ1) is 16.0. The van der Waals surface area contributed by atoms with Crippen LogP contribution in [0.4, 0.5) is 0 Å². The number of methoxy groups -OCH3 is 1. The maximum absolute atomic E-state index is 12.1. The van der Waals surface area contributed by atoms with Crippen molar-refractivity contribution in [2.45, 2.75) is 38.0 Å². The Labute approximate surface area is 135 Å². The Morgan fingerprint density at radius 3 is 2.87 bits per heavy atom. The molecular weight excluding hydrogens is 298 g/mol. The van der Waals surface area contributed by atoms with Crippen molar-refractivity contribution < 1.29 is 23.9 Å². The number of esters is 2. The molecule has 6 nitrogen and oxygen atoms in total. The topological polar surface area (TPSA) is 73.9 Å². The number of carbonyl (C=O) groups excluding carboxylic acids is 2.